The van der Waals surface area contributed by atoms with Crippen LogP contribution in [0.15, 0.2) is 0 Å². The molecule has 1 rings (SSSR count). The van der Waals surface area contributed by atoms with Crippen molar-refractivity contribution in [3.8, 4) is 0 Å². The van der Waals surface area contributed by atoms with E-state index in [4.69, 9.17) is 0 Å². The highest BCUT2D eigenvalue weighted by molar-refractivity contribution is 5.84. The Hall–Kier alpha value is -0.780. The molecule has 1 heterocycles. The van der Waals surface area contributed by atoms with Crippen molar-refractivity contribution < 1.29 is 18.0 Å². The van der Waals surface area contributed by atoms with Gasteiger partial charge in [0.2, 0.25) is 5.91 Å². The lowest BCUT2D eigenvalue weighted by molar-refractivity contribution is -0.140. The number of carbonyl (C=O) groups is 1. The predicted molar refractivity (Wildman–Crippen MR) is 72.1 cm³/mol. The molecule has 0 aromatic carbocycles. The number of alkyl halides is 3. The first-order valence-corrected chi connectivity index (χ1v) is 7.38. The number of rotatable bonds is 7. The molecular formula is C14H25F3N2O. The van der Waals surface area contributed by atoms with Crippen LogP contribution in [0.4, 0.5) is 13.2 Å². The average Bonchev–Trinajstić information content (AvgIpc) is 2.56. The SMILES string of the molecule is CCCC1NC(CC(C)C)N(CCCC(F)(F)F)C1=O. The highest BCUT2D eigenvalue weighted by Gasteiger charge is 2.38. The van der Waals surface area contributed by atoms with Crippen LogP contribution in [0.3, 0.4) is 0 Å². The van der Waals surface area contributed by atoms with Crippen molar-refractivity contribution in [2.75, 3.05) is 6.54 Å². The standard InChI is InChI=1S/C14H25F3N2O/c1-4-6-11-13(20)19(8-5-7-14(15,16)17)12(18-11)9-10(2)3/h10-12,18H,4-9H2,1-3H3. The van der Waals surface area contributed by atoms with Crippen molar-refractivity contribution in [1.29, 1.82) is 0 Å². The molecule has 0 saturated carbocycles. The number of carbonyl (C=O) groups excluding carboxylic acids is 1. The first kappa shape index (κ1) is 17.3. The molecular weight excluding hydrogens is 269 g/mol. The Morgan fingerprint density at radius 3 is 2.50 bits per heavy atom. The van der Waals surface area contributed by atoms with Crippen LogP contribution in [-0.4, -0.2) is 35.7 Å². The lowest BCUT2D eigenvalue weighted by Gasteiger charge is -2.25. The van der Waals surface area contributed by atoms with E-state index >= 15 is 0 Å². The third-order valence-corrected chi connectivity index (χ3v) is 3.48. The largest absolute Gasteiger partial charge is 0.389 e. The second kappa shape index (κ2) is 7.29. The summed E-state index contributed by atoms with van der Waals surface area (Å²) in [5.74, 6) is 0.352. The number of nitrogens with one attached hydrogen (secondary N) is 1. The van der Waals surface area contributed by atoms with Gasteiger partial charge in [-0.05, 0) is 25.2 Å². The second-order valence-corrected chi connectivity index (χ2v) is 5.90. The molecule has 118 valence electrons. The molecule has 3 nitrogen and oxygen atoms in total. The summed E-state index contributed by atoms with van der Waals surface area (Å²) in [5, 5.41) is 3.27. The summed E-state index contributed by atoms with van der Waals surface area (Å²) in [6.07, 6.45) is -2.72. The zero-order chi connectivity index (χ0) is 15.3. The van der Waals surface area contributed by atoms with Gasteiger partial charge in [-0.3, -0.25) is 10.1 Å². The van der Waals surface area contributed by atoms with Crippen LogP contribution >= 0.6 is 0 Å². The van der Waals surface area contributed by atoms with Gasteiger partial charge < -0.3 is 4.90 Å². The van der Waals surface area contributed by atoms with Crippen LogP contribution in [0.5, 0.6) is 0 Å². The summed E-state index contributed by atoms with van der Waals surface area (Å²) in [4.78, 5) is 13.8. The number of nitrogens with zero attached hydrogens (tertiary/aromatic N) is 1. The van der Waals surface area contributed by atoms with Gasteiger partial charge >= 0.3 is 6.18 Å². The minimum Gasteiger partial charge on any atom is -0.326 e. The normalized spacial score (nSPS) is 23.9. The van der Waals surface area contributed by atoms with E-state index in [1.54, 1.807) is 4.90 Å². The Labute approximate surface area is 118 Å². The number of halogens is 3. The molecule has 0 aromatic rings. The molecule has 1 saturated heterocycles. The fourth-order valence-electron chi connectivity index (χ4n) is 2.60. The summed E-state index contributed by atoms with van der Waals surface area (Å²) >= 11 is 0. The summed E-state index contributed by atoms with van der Waals surface area (Å²) in [5.41, 5.74) is 0. The van der Waals surface area contributed by atoms with E-state index < -0.39 is 12.6 Å². The minimum atomic E-state index is -4.15. The van der Waals surface area contributed by atoms with E-state index in [1.807, 2.05) is 20.8 Å². The van der Waals surface area contributed by atoms with Gasteiger partial charge in [-0.1, -0.05) is 27.2 Å². The Bertz CT molecular complexity index is 318. The Kier molecular flexibility index (Phi) is 6.30. The number of hydrogen-bond acceptors (Lipinski definition) is 2. The quantitative estimate of drug-likeness (QED) is 0.781. The molecule has 2 unspecified atom stereocenters. The number of hydrogen-bond donors (Lipinski definition) is 1. The molecule has 6 heteroatoms. The van der Waals surface area contributed by atoms with Gasteiger partial charge in [0.1, 0.15) is 0 Å². The molecule has 1 aliphatic heterocycles. The molecule has 0 spiro atoms. The van der Waals surface area contributed by atoms with Gasteiger partial charge in [0.05, 0.1) is 12.2 Å². The monoisotopic (exact) mass is 294 g/mol. The molecule has 1 aliphatic rings. The highest BCUT2D eigenvalue weighted by atomic mass is 19.4. The summed E-state index contributed by atoms with van der Waals surface area (Å²) in [7, 11) is 0. The molecule has 0 bridgehead atoms. The van der Waals surface area contributed by atoms with Gasteiger partial charge in [-0.25, -0.2) is 0 Å². The Morgan fingerprint density at radius 2 is 2.00 bits per heavy atom. The fraction of sp³-hybridized carbons (Fsp3) is 0.929. The van der Waals surface area contributed by atoms with Crippen molar-refractivity contribution in [3.05, 3.63) is 0 Å². The van der Waals surface area contributed by atoms with Crippen molar-refractivity contribution in [2.45, 2.75) is 71.3 Å². The van der Waals surface area contributed by atoms with Crippen LogP contribution < -0.4 is 5.32 Å². The number of amides is 1. The van der Waals surface area contributed by atoms with Crippen LogP contribution in [0.1, 0.15) is 52.9 Å². The third-order valence-electron chi connectivity index (χ3n) is 3.48. The molecule has 0 radical (unpaired) electrons. The zero-order valence-corrected chi connectivity index (χ0v) is 12.5. The first-order valence-electron chi connectivity index (χ1n) is 7.38. The molecule has 0 aliphatic carbocycles. The molecule has 1 fully saturated rings. The summed E-state index contributed by atoms with van der Waals surface area (Å²) in [6, 6.07) is -0.227. The van der Waals surface area contributed by atoms with E-state index in [2.05, 4.69) is 5.32 Å². The maximum absolute atomic E-state index is 12.2. The molecule has 20 heavy (non-hydrogen) atoms. The van der Waals surface area contributed by atoms with Gasteiger partial charge in [0, 0.05) is 13.0 Å². The van der Waals surface area contributed by atoms with Crippen molar-refractivity contribution in [1.82, 2.24) is 10.2 Å². The van der Waals surface area contributed by atoms with Crippen LogP contribution in [-0.2, 0) is 4.79 Å². The molecule has 1 N–H and O–H groups in total. The van der Waals surface area contributed by atoms with Crippen molar-refractivity contribution in [3.63, 3.8) is 0 Å². The molecule has 0 aromatic heterocycles. The van der Waals surface area contributed by atoms with Crippen LogP contribution in [0, 0.1) is 5.92 Å². The summed E-state index contributed by atoms with van der Waals surface area (Å²) < 4.78 is 36.6. The van der Waals surface area contributed by atoms with E-state index in [0.29, 0.717) is 5.92 Å². The van der Waals surface area contributed by atoms with Gasteiger partial charge in [0.15, 0.2) is 0 Å². The smallest absolute Gasteiger partial charge is 0.326 e. The zero-order valence-electron chi connectivity index (χ0n) is 12.5. The summed E-state index contributed by atoms with van der Waals surface area (Å²) in [6.45, 7) is 6.28. The van der Waals surface area contributed by atoms with E-state index in [-0.39, 0.29) is 31.1 Å². The lowest BCUT2D eigenvalue weighted by Crippen LogP contribution is -2.39. The minimum absolute atomic E-state index is 0.0235. The van der Waals surface area contributed by atoms with E-state index in [0.717, 1.165) is 19.3 Å². The average molecular weight is 294 g/mol. The highest BCUT2D eigenvalue weighted by Crippen LogP contribution is 2.24. The van der Waals surface area contributed by atoms with E-state index in [9.17, 15) is 18.0 Å². The van der Waals surface area contributed by atoms with Gasteiger partial charge in [-0.2, -0.15) is 13.2 Å². The Morgan fingerprint density at radius 1 is 1.35 bits per heavy atom. The first-order chi connectivity index (χ1) is 9.24. The molecule has 2 atom stereocenters. The van der Waals surface area contributed by atoms with Gasteiger partial charge in [0.25, 0.3) is 0 Å². The fourth-order valence-corrected chi connectivity index (χ4v) is 2.60. The van der Waals surface area contributed by atoms with Crippen molar-refractivity contribution >= 4 is 5.91 Å². The maximum atomic E-state index is 12.2. The lowest BCUT2D eigenvalue weighted by atomic mass is 10.1. The van der Waals surface area contributed by atoms with Gasteiger partial charge in [-0.15, -0.1) is 0 Å². The topological polar surface area (TPSA) is 32.3 Å². The maximum Gasteiger partial charge on any atom is 0.389 e. The second-order valence-electron chi connectivity index (χ2n) is 5.90. The van der Waals surface area contributed by atoms with Crippen LogP contribution in [0.25, 0.3) is 0 Å². The third kappa shape index (κ3) is 5.31. The Balaban J connectivity index is 2.59. The van der Waals surface area contributed by atoms with E-state index in [1.165, 1.54) is 0 Å². The van der Waals surface area contributed by atoms with Crippen LogP contribution in [0.2, 0.25) is 0 Å². The van der Waals surface area contributed by atoms with Crippen molar-refractivity contribution in [2.24, 2.45) is 5.92 Å². The predicted octanol–water partition coefficient (Wildman–Crippen LogP) is 3.30. The molecule has 1 amide bonds.